The van der Waals surface area contributed by atoms with Crippen LogP contribution in [-0.2, 0) is 0 Å². The van der Waals surface area contributed by atoms with Gasteiger partial charge in [-0.1, -0.05) is 18.2 Å². The molecule has 0 radical (unpaired) electrons. The van der Waals surface area contributed by atoms with Gasteiger partial charge in [0.1, 0.15) is 5.75 Å². The fourth-order valence-corrected chi connectivity index (χ4v) is 2.99. The second-order valence-corrected chi connectivity index (χ2v) is 5.23. The van der Waals surface area contributed by atoms with Crippen molar-refractivity contribution < 1.29 is 9.84 Å². The lowest BCUT2D eigenvalue weighted by Crippen LogP contribution is -2.34. The summed E-state index contributed by atoms with van der Waals surface area (Å²) in [7, 11) is 0. The van der Waals surface area contributed by atoms with Crippen molar-refractivity contribution in [3.63, 3.8) is 0 Å². The average Bonchev–Trinajstić information content (AvgIpc) is 2.76. The number of rotatable bonds is 2. The Kier molecular flexibility index (Phi) is 2.81. The molecule has 0 spiro atoms. The van der Waals surface area contributed by atoms with Crippen molar-refractivity contribution in [2.45, 2.75) is 30.8 Å². The molecule has 2 aliphatic heterocycles. The third-order valence-electron chi connectivity index (χ3n) is 3.93. The van der Waals surface area contributed by atoms with E-state index in [9.17, 15) is 5.11 Å². The lowest BCUT2D eigenvalue weighted by molar-refractivity contribution is 0.0401. The van der Waals surface area contributed by atoms with Crippen LogP contribution in [0.4, 0.5) is 0 Å². The number of hydrogen-bond donors (Lipinski definition) is 2. The van der Waals surface area contributed by atoms with Gasteiger partial charge in [-0.05, 0) is 43.4 Å². The maximum absolute atomic E-state index is 10.5. The largest absolute Gasteiger partial charge is 0.493 e. The number of aliphatic hydroxyl groups is 1. The van der Waals surface area contributed by atoms with Crippen molar-refractivity contribution in [3.8, 4) is 5.75 Å². The van der Waals surface area contributed by atoms with E-state index in [1.807, 2.05) is 12.1 Å². The van der Waals surface area contributed by atoms with Gasteiger partial charge in [0.15, 0.2) is 0 Å². The van der Waals surface area contributed by atoms with Crippen LogP contribution in [0.15, 0.2) is 24.3 Å². The van der Waals surface area contributed by atoms with Crippen molar-refractivity contribution >= 4 is 0 Å². The molecule has 0 bridgehead atoms. The van der Waals surface area contributed by atoms with E-state index in [1.165, 1.54) is 5.56 Å². The van der Waals surface area contributed by atoms with Gasteiger partial charge in [-0.2, -0.15) is 0 Å². The molecule has 1 fully saturated rings. The van der Waals surface area contributed by atoms with Crippen molar-refractivity contribution in [2.75, 3.05) is 19.7 Å². The van der Waals surface area contributed by atoms with Gasteiger partial charge in [0.2, 0.25) is 0 Å². The van der Waals surface area contributed by atoms with Gasteiger partial charge < -0.3 is 15.2 Å². The second kappa shape index (κ2) is 4.31. The van der Waals surface area contributed by atoms with E-state index in [0.717, 1.165) is 44.7 Å². The van der Waals surface area contributed by atoms with Crippen LogP contribution in [0.2, 0.25) is 0 Å². The van der Waals surface area contributed by atoms with Gasteiger partial charge in [-0.15, -0.1) is 0 Å². The van der Waals surface area contributed by atoms with Gasteiger partial charge in [0.05, 0.1) is 12.2 Å². The zero-order valence-electron chi connectivity index (χ0n) is 9.98. The van der Waals surface area contributed by atoms with E-state index < -0.39 is 5.60 Å². The first-order chi connectivity index (χ1) is 8.27. The molecule has 3 rings (SSSR count). The van der Waals surface area contributed by atoms with Crippen LogP contribution in [0.1, 0.15) is 30.7 Å². The van der Waals surface area contributed by atoms with Crippen LogP contribution in [-0.4, -0.2) is 30.4 Å². The van der Waals surface area contributed by atoms with E-state index in [1.54, 1.807) is 0 Å². The minimum atomic E-state index is -0.519. The van der Waals surface area contributed by atoms with E-state index >= 15 is 0 Å². The number of para-hydroxylation sites is 1. The lowest BCUT2D eigenvalue weighted by Gasteiger charge is -2.31. The number of benzene rings is 1. The smallest absolute Gasteiger partial charge is 0.122 e. The lowest BCUT2D eigenvalue weighted by atomic mass is 9.82. The summed E-state index contributed by atoms with van der Waals surface area (Å²) in [5.41, 5.74) is 0.744. The van der Waals surface area contributed by atoms with Crippen LogP contribution >= 0.6 is 0 Å². The third-order valence-corrected chi connectivity index (χ3v) is 3.93. The summed E-state index contributed by atoms with van der Waals surface area (Å²) in [6.45, 7) is 2.43. The molecule has 0 aliphatic carbocycles. The quantitative estimate of drug-likeness (QED) is 0.816. The number of fused-ring (bicyclic) bond motifs is 1. The SMILES string of the molecule is OC1(CC2CCOc3ccccc32)CCNC1. The van der Waals surface area contributed by atoms with Gasteiger partial charge in [-0.25, -0.2) is 0 Å². The highest BCUT2D eigenvalue weighted by Gasteiger charge is 2.35. The Morgan fingerprint density at radius 1 is 1.41 bits per heavy atom. The van der Waals surface area contributed by atoms with Crippen LogP contribution < -0.4 is 10.1 Å². The topological polar surface area (TPSA) is 41.5 Å². The Morgan fingerprint density at radius 3 is 3.12 bits per heavy atom. The zero-order chi connectivity index (χ0) is 11.7. The number of hydrogen-bond acceptors (Lipinski definition) is 3. The van der Waals surface area contributed by atoms with Gasteiger partial charge >= 0.3 is 0 Å². The number of β-amino-alcohol motifs (C(OH)–C–C–N with tert-alkyl or cyclic N) is 1. The van der Waals surface area contributed by atoms with E-state index in [-0.39, 0.29) is 0 Å². The normalized spacial score (nSPS) is 31.9. The molecule has 1 saturated heterocycles. The molecule has 3 heteroatoms. The highest BCUT2D eigenvalue weighted by molar-refractivity contribution is 5.38. The highest BCUT2D eigenvalue weighted by Crippen LogP contribution is 2.39. The first-order valence-corrected chi connectivity index (χ1v) is 6.42. The molecule has 1 aromatic carbocycles. The van der Waals surface area contributed by atoms with Gasteiger partial charge in [0, 0.05) is 6.54 Å². The molecule has 2 N–H and O–H groups in total. The fourth-order valence-electron chi connectivity index (χ4n) is 2.99. The van der Waals surface area contributed by atoms with Crippen LogP contribution in [0.25, 0.3) is 0 Å². The van der Waals surface area contributed by atoms with Crippen LogP contribution in [0.5, 0.6) is 5.75 Å². The Bertz CT molecular complexity index is 399. The van der Waals surface area contributed by atoms with Crippen LogP contribution in [0, 0.1) is 0 Å². The molecule has 2 atom stereocenters. The molecule has 3 nitrogen and oxygen atoms in total. The standard InChI is InChI=1S/C14H19NO2/c16-14(6-7-15-10-14)9-11-5-8-17-13-4-2-1-3-12(11)13/h1-4,11,15-16H,5-10H2. The molecule has 2 unspecified atom stereocenters. The van der Waals surface area contributed by atoms with Gasteiger partial charge in [0.25, 0.3) is 0 Å². The maximum atomic E-state index is 10.5. The Hall–Kier alpha value is -1.06. The van der Waals surface area contributed by atoms with E-state index in [4.69, 9.17) is 4.74 Å². The molecule has 0 aromatic heterocycles. The van der Waals surface area contributed by atoms with Crippen molar-refractivity contribution in [1.29, 1.82) is 0 Å². The first kappa shape index (κ1) is 11.1. The summed E-state index contributed by atoms with van der Waals surface area (Å²) in [5, 5.41) is 13.7. The predicted octanol–water partition coefficient (Wildman–Crippen LogP) is 1.67. The first-order valence-electron chi connectivity index (χ1n) is 6.42. The third kappa shape index (κ3) is 2.17. The molecule has 2 aliphatic rings. The summed E-state index contributed by atoms with van der Waals surface area (Å²) in [6, 6.07) is 8.22. The minimum absolute atomic E-state index is 0.435. The van der Waals surface area contributed by atoms with Crippen molar-refractivity contribution in [2.24, 2.45) is 0 Å². The summed E-state index contributed by atoms with van der Waals surface area (Å²) in [4.78, 5) is 0. The monoisotopic (exact) mass is 233 g/mol. The fraction of sp³-hybridized carbons (Fsp3) is 0.571. The second-order valence-electron chi connectivity index (χ2n) is 5.23. The van der Waals surface area contributed by atoms with Crippen molar-refractivity contribution in [3.05, 3.63) is 29.8 Å². The Balaban J connectivity index is 1.81. The average molecular weight is 233 g/mol. The molecular weight excluding hydrogens is 214 g/mol. The minimum Gasteiger partial charge on any atom is -0.493 e. The molecule has 92 valence electrons. The Morgan fingerprint density at radius 2 is 2.29 bits per heavy atom. The molecule has 0 saturated carbocycles. The van der Waals surface area contributed by atoms with E-state index in [0.29, 0.717) is 5.92 Å². The summed E-state index contributed by atoms with van der Waals surface area (Å²) in [5.74, 6) is 1.43. The Labute approximate surface area is 102 Å². The number of ether oxygens (including phenoxy) is 1. The summed E-state index contributed by atoms with van der Waals surface area (Å²) in [6.07, 6.45) is 2.73. The highest BCUT2D eigenvalue weighted by atomic mass is 16.5. The maximum Gasteiger partial charge on any atom is 0.122 e. The molecule has 1 aromatic rings. The van der Waals surface area contributed by atoms with Gasteiger partial charge in [-0.3, -0.25) is 0 Å². The summed E-state index contributed by atoms with van der Waals surface area (Å²) >= 11 is 0. The molecule has 17 heavy (non-hydrogen) atoms. The summed E-state index contributed by atoms with van der Waals surface area (Å²) < 4.78 is 5.65. The zero-order valence-corrected chi connectivity index (χ0v) is 9.98. The van der Waals surface area contributed by atoms with Crippen molar-refractivity contribution in [1.82, 2.24) is 5.32 Å². The van der Waals surface area contributed by atoms with Crippen LogP contribution in [0.3, 0.4) is 0 Å². The molecule has 2 heterocycles. The predicted molar refractivity (Wildman–Crippen MR) is 66.3 cm³/mol. The van der Waals surface area contributed by atoms with E-state index in [2.05, 4.69) is 17.4 Å². The number of nitrogens with one attached hydrogen (secondary N) is 1. The molecule has 0 amide bonds. The molecular formula is C14H19NO2.